The molecule has 2 heterocycles. The first-order valence-electron chi connectivity index (χ1n) is 7.91. The fourth-order valence-electron chi connectivity index (χ4n) is 2.52. The topological polar surface area (TPSA) is 64.7 Å². The minimum absolute atomic E-state index is 0.00555. The fraction of sp³-hybridized carbons (Fsp3) is 0.235. The van der Waals surface area contributed by atoms with Crippen LogP contribution in [0.5, 0.6) is 0 Å². The average molecular weight is 447 g/mol. The van der Waals surface area contributed by atoms with Crippen molar-refractivity contribution in [3.63, 3.8) is 0 Å². The van der Waals surface area contributed by atoms with E-state index in [1.807, 2.05) is 6.07 Å². The average Bonchev–Trinajstić information content (AvgIpc) is 3.05. The van der Waals surface area contributed by atoms with Gasteiger partial charge in [0.15, 0.2) is 5.82 Å². The van der Waals surface area contributed by atoms with Gasteiger partial charge in [-0.05, 0) is 31.5 Å². The van der Waals surface area contributed by atoms with Gasteiger partial charge in [-0.25, -0.2) is 0 Å². The van der Waals surface area contributed by atoms with E-state index >= 15 is 0 Å². The lowest BCUT2D eigenvalue weighted by molar-refractivity contribution is -0.117. The molecule has 0 unspecified atom stereocenters. The molecule has 27 heavy (non-hydrogen) atoms. The fourth-order valence-corrected chi connectivity index (χ4v) is 3.33. The Morgan fingerprint density at radius 3 is 2.48 bits per heavy atom. The second kappa shape index (κ2) is 8.10. The van der Waals surface area contributed by atoms with Crippen molar-refractivity contribution in [2.24, 2.45) is 0 Å². The van der Waals surface area contributed by atoms with Crippen LogP contribution >= 0.6 is 46.4 Å². The lowest BCUT2D eigenvalue weighted by Crippen LogP contribution is -2.21. The minimum atomic E-state index is -0.311. The van der Waals surface area contributed by atoms with Gasteiger partial charge in [0.2, 0.25) is 5.91 Å². The van der Waals surface area contributed by atoms with Crippen molar-refractivity contribution in [1.82, 2.24) is 19.6 Å². The zero-order valence-electron chi connectivity index (χ0n) is 14.4. The van der Waals surface area contributed by atoms with E-state index in [1.54, 1.807) is 36.9 Å². The molecule has 0 radical (unpaired) electrons. The Hall–Kier alpha value is -1.73. The maximum Gasteiger partial charge on any atom is 0.247 e. The predicted octanol–water partition coefficient (Wildman–Crippen LogP) is 5.00. The van der Waals surface area contributed by atoms with Gasteiger partial charge in [-0.3, -0.25) is 14.2 Å². The Balaban J connectivity index is 1.70. The van der Waals surface area contributed by atoms with E-state index in [0.717, 1.165) is 11.3 Å². The highest BCUT2D eigenvalue weighted by Crippen LogP contribution is 2.24. The molecular formula is C17H15Cl4N5O. The van der Waals surface area contributed by atoms with Crippen molar-refractivity contribution in [3.8, 4) is 0 Å². The van der Waals surface area contributed by atoms with Gasteiger partial charge in [0.1, 0.15) is 11.6 Å². The Morgan fingerprint density at radius 2 is 1.85 bits per heavy atom. The largest absolute Gasteiger partial charge is 0.306 e. The Labute approximate surface area is 176 Å². The molecule has 0 aliphatic heterocycles. The highest BCUT2D eigenvalue weighted by atomic mass is 35.5. The summed E-state index contributed by atoms with van der Waals surface area (Å²) >= 11 is 24.4. The van der Waals surface area contributed by atoms with Crippen LogP contribution in [0.4, 0.5) is 5.82 Å². The number of amides is 1. The molecule has 0 saturated heterocycles. The van der Waals surface area contributed by atoms with Crippen LogP contribution in [0.15, 0.2) is 24.4 Å². The normalized spacial score (nSPS) is 11.0. The summed E-state index contributed by atoms with van der Waals surface area (Å²) < 4.78 is 3.12. The van der Waals surface area contributed by atoms with Crippen molar-refractivity contribution in [1.29, 1.82) is 0 Å². The Bertz CT molecular complexity index is 1010. The number of anilines is 1. The molecule has 142 valence electrons. The number of hydrogen-bond acceptors (Lipinski definition) is 3. The standard InChI is InChI=1S/C17H15Cl4N5O/c1-9-16(21)10(2)26(23-9)8-15(27)22-17-14(20)7-25(24-17)6-11-3-4-12(18)5-13(11)19/h3-5,7H,6,8H2,1-2H3,(H,22,24,27). The van der Waals surface area contributed by atoms with Crippen LogP contribution in [0.1, 0.15) is 17.0 Å². The molecule has 0 saturated carbocycles. The third-order valence-electron chi connectivity index (χ3n) is 3.91. The number of nitrogens with one attached hydrogen (secondary N) is 1. The van der Waals surface area contributed by atoms with Gasteiger partial charge in [0.05, 0.1) is 23.0 Å². The lowest BCUT2D eigenvalue weighted by Gasteiger charge is -2.06. The number of carbonyl (C=O) groups excluding carboxylic acids is 1. The Kier molecular flexibility index (Phi) is 6.01. The molecule has 6 nitrogen and oxygen atoms in total. The predicted molar refractivity (Wildman–Crippen MR) is 108 cm³/mol. The molecular weight excluding hydrogens is 432 g/mol. The minimum Gasteiger partial charge on any atom is -0.306 e. The van der Waals surface area contributed by atoms with Gasteiger partial charge >= 0.3 is 0 Å². The number of halogens is 4. The number of nitrogens with zero attached hydrogens (tertiary/aromatic N) is 4. The van der Waals surface area contributed by atoms with Crippen LogP contribution in [0, 0.1) is 13.8 Å². The number of benzene rings is 1. The van der Waals surface area contributed by atoms with E-state index < -0.39 is 0 Å². The Morgan fingerprint density at radius 1 is 1.11 bits per heavy atom. The molecule has 1 amide bonds. The van der Waals surface area contributed by atoms with Gasteiger partial charge in [-0.1, -0.05) is 52.5 Å². The van der Waals surface area contributed by atoms with Crippen LogP contribution in [0.2, 0.25) is 20.1 Å². The summed E-state index contributed by atoms with van der Waals surface area (Å²) in [4.78, 5) is 12.3. The first-order chi connectivity index (χ1) is 12.7. The summed E-state index contributed by atoms with van der Waals surface area (Å²) in [6.07, 6.45) is 1.61. The monoisotopic (exact) mass is 445 g/mol. The number of carbonyl (C=O) groups is 1. The summed E-state index contributed by atoms with van der Waals surface area (Å²) in [6.45, 7) is 3.97. The van der Waals surface area contributed by atoms with Crippen LogP contribution in [0.3, 0.4) is 0 Å². The van der Waals surface area contributed by atoms with E-state index in [9.17, 15) is 4.79 Å². The first kappa shape index (κ1) is 20.0. The number of aryl methyl sites for hydroxylation is 1. The highest BCUT2D eigenvalue weighted by Gasteiger charge is 2.15. The number of rotatable bonds is 5. The molecule has 3 aromatic rings. The van der Waals surface area contributed by atoms with Crippen LogP contribution in [-0.2, 0) is 17.9 Å². The first-order valence-corrected chi connectivity index (χ1v) is 9.42. The van der Waals surface area contributed by atoms with Gasteiger partial charge < -0.3 is 5.32 Å². The SMILES string of the molecule is Cc1nn(CC(=O)Nc2nn(Cc3ccc(Cl)cc3Cl)cc2Cl)c(C)c1Cl. The summed E-state index contributed by atoms with van der Waals surface area (Å²) in [7, 11) is 0. The smallest absolute Gasteiger partial charge is 0.247 e. The second-order valence-electron chi connectivity index (χ2n) is 5.95. The number of aromatic nitrogens is 4. The molecule has 0 bridgehead atoms. The van der Waals surface area contributed by atoms with Crippen LogP contribution < -0.4 is 5.32 Å². The summed E-state index contributed by atoms with van der Waals surface area (Å²) in [6, 6.07) is 5.22. The third kappa shape index (κ3) is 4.58. The van der Waals surface area contributed by atoms with Crippen molar-refractivity contribution < 1.29 is 4.79 Å². The van der Waals surface area contributed by atoms with Gasteiger partial charge in [0.25, 0.3) is 0 Å². The van der Waals surface area contributed by atoms with Gasteiger partial charge in [-0.15, -0.1) is 0 Å². The van der Waals surface area contributed by atoms with E-state index in [2.05, 4.69) is 15.5 Å². The van der Waals surface area contributed by atoms with Crippen molar-refractivity contribution >= 4 is 58.1 Å². The molecule has 1 N–H and O–H groups in total. The van der Waals surface area contributed by atoms with Crippen molar-refractivity contribution in [2.75, 3.05) is 5.32 Å². The summed E-state index contributed by atoms with van der Waals surface area (Å²) in [5.41, 5.74) is 2.22. The maximum atomic E-state index is 12.3. The second-order valence-corrected chi connectivity index (χ2v) is 7.58. The van der Waals surface area contributed by atoms with Crippen molar-refractivity contribution in [3.05, 3.63) is 61.4 Å². The van der Waals surface area contributed by atoms with E-state index in [4.69, 9.17) is 46.4 Å². The van der Waals surface area contributed by atoms with Crippen LogP contribution in [0.25, 0.3) is 0 Å². The van der Waals surface area contributed by atoms with Crippen molar-refractivity contribution in [2.45, 2.75) is 26.9 Å². The molecule has 3 rings (SSSR count). The molecule has 0 atom stereocenters. The highest BCUT2D eigenvalue weighted by molar-refractivity contribution is 6.35. The molecule has 2 aromatic heterocycles. The van der Waals surface area contributed by atoms with Gasteiger partial charge in [-0.2, -0.15) is 10.2 Å². The number of hydrogen-bond donors (Lipinski definition) is 1. The van der Waals surface area contributed by atoms with E-state index in [0.29, 0.717) is 32.3 Å². The molecule has 0 fully saturated rings. The molecule has 0 spiro atoms. The zero-order chi connectivity index (χ0) is 19.7. The van der Waals surface area contributed by atoms with Gasteiger partial charge in [0, 0.05) is 16.2 Å². The van der Waals surface area contributed by atoms with E-state index in [-0.39, 0.29) is 18.3 Å². The third-order valence-corrected chi connectivity index (χ3v) is 5.32. The quantitative estimate of drug-likeness (QED) is 0.599. The molecule has 1 aromatic carbocycles. The lowest BCUT2D eigenvalue weighted by atomic mass is 10.2. The molecule has 0 aliphatic carbocycles. The summed E-state index contributed by atoms with van der Waals surface area (Å²) in [5, 5.41) is 13.2. The molecule has 0 aliphatic rings. The summed E-state index contributed by atoms with van der Waals surface area (Å²) in [5.74, 6) is -0.0478. The maximum absolute atomic E-state index is 12.3. The van der Waals surface area contributed by atoms with E-state index in [1.165, 1.54) is 4.68 Å². The molecule has 10 heteroatoms. The zero-order valence-corrected chi connectivity index (χ0v) is 17.5. The van der Waals surface area contributed by atoms with Crippen LogP contribution in [-0.4, -0.2) is 25.5 Å².